The van der Waals surface area contributed by atoms with Crippen LogP contribution < -0.4 is 34.2 Å². The first kappa shape index (κ1) is 108. The molecular formula is C110H127N15O15S5. The first-order chi connectivity index (χ1) is 68.9. The van der Waals surface area contributed by atoms with E-state index in [0.29, 0.717) is 124 Å². The van der Waals surface area contributed by atoms with Crippen LogP contribution in [0.4, 0.5) is 28.4 Å². The number of aryl methyl sites for hydroxylation is 7. The standard InChI is InChI=1S/C26H25N3O3S.C25H23N3O3S.2C20H27N3O3S.C19H25N3O3S/c1-2-19-13-15-22(16-14-19)28-26(30)23(18-20-8-4-3-5-9-20)29-33(31,32)24-12-6-10-21-11-7-17-27-25(21)24;1-18-12-14-21(15-13-18)27-25(29)22(17-19-7-3-2-4-8-19)28-32(30,31)23-11-5-9-20-10-6-16-26-24(20)23;1-13-9-8-10-14(2)18(13)21-27(25,26)19-16(4)22(5)15(3)17(19)20(24)23-11-6-7-12-23;1-13-8-9-14(2)17(12-13)21-27(25,26)19-16(4)22(5)15(3)18(19)20(24)23-10-6-7-11-23;1-13-7-9-16(10-8-13)20-26(24,25)18-15(3)21(4)14(2)17(18)19(23)22-11-5-6-12-22/h3-17,23,29H,2,18H2,1H3,(H,28,30);2-16,22,28H,17H2,1H3,(H,27,29);8-10,21H,6-7,11-12H2,1-5H3;8-9,12,21H,6-7,10-11H2,1-5H3;7-10,20H,5-6,11-12H2,1-4H3. The highest BCUT2D eigenvalue weighted by molar-refractivity contribution is 7.93. The summed E-state index contributed by atoms with van der Waals surface area (Å²) in [5, 5.41) is 7.08. The van der Waals surface area contributed by atoms with Gasteiger partial charge in [0.1, 0.15) is 36.6 Å². The summed E-state index contributed by atoms with van der Waals surface area (Å²) in [5.41, 5.74) is 16.5. The number of carbonyl (C=O) groups excluding carboxylic acids is 5. The summed E-state index contributed by atoms with van der Waals surface area (Å²) < 4.78 is 151. The van der Waals surface area contributed by atoms with Crippen molar-refractivity contribution in [1.29, 1.82) is 0 Å². The number of anilines is 5. The normalized spacial score (nSPS) is 13.6. The van der Waals surface area contributed by atoms with Gasteiger partial charge in [0, 0.05) is 135 Å². The second kappa shape index (κ2) is 46.8. The predicted octanol–water partition coefficient (Wildman–Crippen LogP) is 18.0. The first-order valence-electron chi connectivity index (χ1n) is 48.1. The Labute approximate surface area is 851 Å². The SMILES string of the molecule is CCc1ccc(NC(=O)C(Cc2ccccc2)NS(=O)(=O)c2cccc3cccnc23)cc1.Cc1ccc(C)c(NS(=O)(=O)c2c(C(=O)N3CCCC3)c(C)n(C)c2C)c1.Cc1ccc(NC(=O)C(Cc2ccccc2)NS(=O)(=O)c2cccc3cccnc23)cc1.Cc1ccc(NS(=O)(=O)c2c(C(=O)N3CCCC3)c(C)n(C)c2C)cc1.Cc1cccc(C)c1NS(=O)(=O)c1c(C(=O)N2CCCC2)c(C)n(C)c1C. The van der Waals surface area contributed by atoms with Crippen molar-refractivity contribution in [3.63, 3.8) is 0 Å². The minimum atomic E-state index is -4.03. The molecule has 5 aromatic heterocycles. The van der Waals surface area contributed by atoms with Gasteiger partial charge >= 0.3 is 0 Å². The maximum atomic E-state index is 13.4. The summed E-state index contributed by atoms with van der Waals surface area (Å²) >= 11 is 0. The topological polar surface area (TPSA) is 391 Å². The highest BCUT2D eigenvalue weighted by Crippen LogP contribution is 2.37. The molecule has 17 rings (SSSR count). The van der Waals surface area contributed by atoms with E-state index < -0.39 is 74.0 Å². The molecule has 0 spiro atoms. The van der Waals surface area contributed by atoms with Gasteiger partial charge in [0.25, 0.3) is 47.8 Å². The summed E-state index contributed by atoms with van der Waals surface area (Å²) in [5.74, 6) is -1.46. The Bertz CT molecular complexity index is 7700. The highest BCUT2D eigenvalue weighted by atomic mass is 32.2. The quantitative estimate of drug-likeness (QED) is 0.0251. The first-order valence-corrected chi connectivity index (χ1v) is 55.5. The molecule has 3 fully saturated rings. The number of nitrogens with zero attached hydrogens (tertiary/aromatic N) is 8. The minimum absolute atomic E-state index is 0.0387. The van der Waals surface area contributed by atoms with Crippen LogP contribution in [0, 0.1) is 83.1 Å². The van der Waals surface area contributed by atoms with E-state index in [2.05, 4.69) is 51.1 Å². The highest BCUT2D eigenvalue weighted by Gasteiger charge is 2.39. The Morgan fingerprint density at radius 1 is 0.324 bits per heavy atom. The second-order valence-electron chi connectivity index (χ2n) is 36.9. The third-order valence-electron chi connectivity index (χ3n) is 26.6. The predicted molar refractivity (Wildman–Crippen MR) is 572 cm³/mol. The van der Waals surface area contributed by atoms with Crippen LogP contribution in [0.25, 0.3) is 21.8 Å². The van der Waals surface area contributed by atoms with E-state index in [4.69, 9.17) is 0 Å². The Morgan fingerprint density at radius 2 is 0.655 bits per heavy atom. The zero-order valence-corrected chi connectivity index (χ0v) is 88.7. The molecule has 145 heavy (non-hydrogen) atoms. The number of benzene rings is 9. The summed E-state index contributed by atoms with van der Waals surface area (Å²) in [6.07, 6.45) is 10.2. The number of fused-ring (bicyclic) bond motifs is 2. The number of hydrogen-bond acceptors (Lipinski definition) is 17. The number of carbonyl (C=O) groups is 5. The summed E-state index contributed by atoms with van der Waals surface area (Å²) in [6, 6.07) is 66.9. The molecular weight excluding hydrogens is 1930 g/mol. The lowest BCUT2D eigenvalue weighted by Crippen LogP contribution is -2.45. The number of rotatable bonds is 27. The van der Waals surface area contributed by atoms with Crippen molar-refractivity contribution in [2.24, 2.45) is 21.1 Å². The van der Waals surface area contributed by atoms with Crippen molar-refractivity contribution in [2.45, 2.75) is 184 Å². The third-order valence-corrected chi connectivity index (χ3v) is 34.2. The number of amides is 5. The van der Waals surface area contributed by atoms with Gasteiger partial charge in [-0.25, -0.2) is 42.1 Å². The van der Waals surface area contributed by atoms with Crippen LogP contribution >= 0.6 is 0 Å². The molecule has 3 aliphatic heterocycles. The van der Waals surface area contributed by atoms with Gasteiger partial charge in [-0.3, -0.25) is 48.1 Å². The van der Waals surface area contributed by atoms with Gasteiger partial charge in [0.2, 0.25) is 31.9 Å². The molecule has 3 aliphatic rings. The summed E-state index contributed by atoms with van der Waals surface area (Å²) in [7, 11) is -14.4. The van der Waals surface area contributed by atoms with Crippen LogP contribution in [-0.2, 0) is 100 Å². The fraction of sp³-hybridized carbons (Fsp3) is 0.300. The third kappa shape index (κ3) is 25.9. The number of nitrogens with one attached hydrogen (secondary N) is 7. The van der Waals surface area contributed by atoms with Gasteiger partial charge in [-0.1, -0.05) is 182 Å². The molecule has 762 valence electrons. The van der Waals surface area contributed by atoms with Gasteiger partial charge < -0.3 is 39.0 Å². The summed E-state index contributed by atoms with van der Waals surface area (Å²) in [4.78, 5) is 79.6. The van der Waals surface area contributed by atoms with E-state index in [1.54, 1.807) is 182 Å². The molecule has 5 amide bonds. The van der Waals surface area contributed by atoms with E-state index in [9.17, 15) is 66.1 Å². The summed E-state index contributed by atoms with van der Waals surface area (Å²) in [6.45, 7) is 28.1. The van der Waals surface area contributed by atoms with Gasteiger partial charge in [-0.05, 0) is 247 Å². The number of hydrogen-bond donors (Lipinski definition) is 7. The number of aromatic nitrogens is 5. The van der Waals surface area contributed by atoms with Crippen molar-refractivity contribution in [3.05, 3.63) is 344 Å². The lowest BCUT2D eigenvalue weighted by Gasteiger charge is -2.19. The molecule has 3 saturated heterocycles. The lowest BCUT2D eigenvalue weighted by atomic mass is 10.1. The molecule has 30 nitrogen and oxygen atoms in total. The number of para-hydroxylation sites is 3. The second-order valence-corrected chi connectivity index (χ2v) is 45.1. The Kier molecular flexibility index (Phi) is 35.0. The van der Waals surface area contributed by atoms with Crippen molar-refractivity contribution >= 4 is 130 Å². The molecule has 0 aliphatic carbocycles. The molecule has 9 aromatic carbocycles. The number of pyridine rings is 2. The van der Waals surface area contributed by atoms with Crippen LogP contribution in [0.2, 0.25) is 0 Å². The van der Waals surface area contributed by atoms with Crippen molar-refractivity contribution in [2.75, 3.05) is 64.1 Å². The van der Waals surface area contributed by atoms with Crippen molar-refractivity contribution in [1.82, 2.24) is 47.8 Å². The van der Waals surface area contributed by atoms with E-state index in [1.807, 2.05) is 181 Å². The van der Waals surface area contributed by atoms with Gasteiger partial charge in [-0.2, -0.15) is 9.44 Å². The van der Waals surface area contributed by atoms with Gasteiger partial charge in [0.05, 0.1) is 39.1 Å². The number of sulfonamides is 5. The average Bonchev–Trinajstić information content (AvgIpc) is 1.60. The van der Waals surface area contributed by atoms with Gasteiger partial charge in [-0.15, -0.1) is 0 Å². The monoisotopic (exact) mass is 2060 g/mol. The lowest BCUT2D eigenvalue weighted by molar-refractivity contribution is -0.118. The molecule has 2 unspecified atom stereocenters. The van der Waals surface area contributed by atoms with Crippen LogP contribution in [0.3, 0.4) is 0 Å². The molecule has 14 aromatic rings. The van der Waals surface area contributed by atoms with Crippen LogP contribution in [0.1, 0.15) is 161 Å². The van der Waals surface area contributed by atoms with Crippen molar-refractivity contribution < 1.29 is 66.1 Å². The Hall–Kier alpha value is -13.9. The van der Waals surface area contributed by atoms with E-state index in [0.717, 1.165) is 95.0 Å². The van der Waals surface area contributed by atoms with Crippen LogP contribution in [0.5, 0.6) is 0 Å². The van der Waals surface area contributed by atoms with E-state index >= 15 is 0 Å². The molecule has 35 heteroatoms. The molecule has 7 N–H and O–H groups in total. The Morgan fingerprint density at radius 3 is 1.03 bits per heavy atom. The zero-order chi connectivity index (χ0) is 105. The minimum Gasteiger partial charge on any atom is -0.350 e. The molecule has 0 bridgehead atoms. The Balaban J connectivity index is 0.000000152. The fourth-order valence-electron chi connectivity index (χ4n) is 17.8. The maximum Gasteiger partial charge on any atom is 0.264 e. The zero-order valence-electron chi connectivity index (χ0n) is 84.6. The van der Waals surface area contributed by atoms with Gasteiger partial charge in [0.15, 0.2) is 0 Å². The molecule has 8 heterocycles. The van der Waals surface area contributed by atoms with E-state index in [1.165, 1.54) is 12.1 Å². The van der Waals surface area contributed by atoms with E-state index in [-0.39, 0.29) is 71.7 Å². The average molecular weight is 2060 g/mol. The largest absolute Gasteiger partial charge is 0.350 e. The molecule has 2 atom stereocenters. The molecule has 0 radical (unpaired) electrons. The fourth-order valence-corrected chi connectivity index (χ4v) is 25.5. The molecule has 0 saturated carbocycles. The van der Waals surface area contributed by atoms with Crippen molar-refractivity contribution in [3.8, 4) is 0 Å². The van der Waals surface area contributed by atoms with Crippen LogP contribution in [0.15, 0.2) is 267 Å². The van der Waals surface area contributed by atoms with Crippen LogP contribution in [-0.4, -0.2) is 161 Å². The maximum absolute atomic E-state index is 13.4. The smallest absolute Gasteiger partial charge is 0.264 e. The number of likely N-dealkylation sites (tertiary alicyclic amines) is 3.